The average Bonchev–Trinajstić information content (AvgIpc) is 2.70. The van der Waals surface area contributed by atoms with Crippen LogP contribution in [-0.2, 0) is 7.05 Å². The molecule has 0 atom stereocenters. The van der Waals surface area contributed by atoms with Gasteiger partial charge in [-0.3, -0.25) is 4.68 Å². The fourth-order valence-corrected chi connectivity index (χ4v) is 1.66. The topological polar surface area (TPSA) is 67.2 Å². The standard InChI is InChI=1S/C12H9F3N2O3/c1-17-10(6-9(16-17)11(18)19)7-2-4-8(5-3-7)20-12(13,14)15/h2-6H,1H3,(H,18,19)/p-1. The molecule has 0 radical (unpaired) electrons. The van der Waals surface area contributed by atoms with E-state index in [0.29, 0.717) is 11.3 Å². The number of aromatic nitrogens is 2. The molecule has 0 aliphatic carbocycles. The molecule has 0 unspecified atom stereocenters. The van der Waals surface area contributed by atoms with Crippen LogP contribution in [0.4, 0.5) is 13.2 Å². The first-order valence-electron chi connectivity index (χ1n) is 5.38. The van der Waals surface area contributed by atoms with Gasteiger partial charge in [-0.25, -0.2) is 0 Å². The van der Waals surface area contributed by atoms with Crippen LogP contribution in [0.1, 0.15) is 10.5 Å². The number of carbonyl (C=O) groups excluding carboxylic acids is 1. The van der Waals surface area contributed by atoms with Crippen molar-refractivity contribution in [3.63, 3.8) is 0 Å². The maximum atomic E-state index is 12.0. The van der Waals surface area contributed by atoms with Gasteiger partial charge in [-0.1, -0.05) is 0 Å². The molecule has 2 aromatic rings. The summed E-state index contributed by atoms with van der Waals surface area (Å²) in [6.45, 7) is 0. The highest BCUT2D eigenvalue weighted by Gasteiger charge is 2.30. The lowest BCUT2D eigenvalue weighted by Crippen LogP contribution is -2.22. The Balaban J connectivity index is 2.28. The van der Waals surface area contributed by atoms with E-state index in [4.69, 9.17) is 0 Å². The Kier molecular flexibility index (Phi) is 3.39. The Morgan fingerprint density at radius 2 is 1.90 bits per heavy atom. The van der Waals surface area contributed by atoms with Crippen molar-refractivity contribution in [2.45, 2.75) is 6.36 Å². The fourth-order valence-electron chi connectivity index (χ4n) is 1.66. The van der Waals surface area contributed by atoms with Gasteiger partial charge in [0.15, 0.2) is 0 Å². The lowest BCUT2D eigenvalue weighted by Gasteiger charge is -2.09. The van der Waals surface area contributed by atoms with Gasteiger partial charge in [0.2, 0.25) is 0 Å². The first-order valence-corrected chi connectivity index (χ1v) is 5.38. The molecule has 0 amide bonds. The van der Waals surface area contributed by atoms with Gasteiger partial charge in [-0.05, 0) is 30.3 Å². The summed E-state index contributed by atoms with van der Waals surface area (Å²) in [6.07, 6.45) is -4.75. The number of nitrogens with zero attached hydrogens (tertiary/aromatic N) is 2. The number of benzene rings is 1. The molecule has 0 N–H and O–H groups in total. The van der Waals surface area contributed by atoms with Crippen molar-refractivity contribution >= 4 is 5.97 Å². The molecule has 0 aliphatic heterocycles. The average molecular weight is 285 g/mol. The van der Waals surface area contributed by atoms with Crippen LogP contribution in [0.25, 0.3) is 11.3 Å². The van der Waals surface area contributed by atoms with E-state index < -0.39 is 12.3 Å². The van der Waals surface area contributed by atoms with Crippen LogP contribution in [0.2, 0.25) is 0 Å². The Morgan fingerprint density at radius 1 is 1.30 bits per heavy atom. The molecule has 1 heterocycles. The van der Waals surface area contributed by atoms with E-state index in [1.807, 2.05) is 0 Å². The predicted molar refractivity (Wildman–Crippen MR) is 59.7 cm³/mol. The zero-order valence-electron chi connectivity index (χ0n) is 10.1. The maximum Gasteiger partial charge on any atom is 0.573 e. The molecule has 0 fully saturated rings. The molecule has 0 bridgehead atoms. The fraction of sp³-hybridized carbons (Fsp3) is 0.167. The van der Waals surface area contributed by atoms with Gasteiger partial charge in [0.25, 0.3) is 0 Å². The van der Waals surface area contributed by atoms with Crippen LogP contribution in [0.5, 0.6) is 5.75 Å². The molecule has 0 saturated heterocycles. The van der Waals surface area contributed by atoms with Crippen LogP contribution in [-0.4, -0.2) is 22.1 Å². The molecule has 5 nitrogen and oxygen atoms in total. The molecule has 0 aliphatic rings. The van der Waals surface area contributed by atoms with Gasteiger partial charge < -0.3 is 14.6 Å². The highest BCUT2D eigenvalue weighted by atomic mass is 19.4. The van der Waals surface area contributed by atoms with Crippen molar-refractivity contribution in [1.82, 2.24) is 9.78 Å². The summed E-state index contributed by atoms with van der Waals surface area (Å²) in [5, 5.41) is 14.4. The maximum absolute atomic E-state index is 12.0. The first kappa shape index (κ1) is 13.9. The second-order valence-electron chi connectivity index (χ2n) is 3.90. The summed E-state index contributed by atoms with van der Waals surface area (Å²) < 4.78 is 41.1. The van der Waals surface area contributed by atoms with Crippen LogP contribution in [0.3, 0.4) is 0 Å². The quantitative estimate of drug-likeness (QED) is 0.853. The number of rotatable bonds is 3. The van der Waals surface area contributed by atoms with Crippen LogP contribution < -0.4 is 9.84 Å². The number of ether oxygens (including phenoxy) is 1. The number of aromatic carboxylic acids is 1. The SMILES string of the molecule is Cn1nc(C(=O)[O-])cc1-c1ccc(OC(F)(F)F)cc1. The summed E-state index contributed by atoms with van der Waals surface area (Å²) in [6, 6.07) is 6.28. The van der Waals surface area contributed by atoms with E-state index >= 15 is 0 Å². The lowest BCUT2D eigenvalue weighted by atomic mass is 10.1. The normalized spacial score (nSPS) is 11.4. The number of carboxylic acid groups (broad SMARTS) is 1. The third-order valence-corrected chi connectivity index (χ3v) is 2.47. The van der Waals surface area contributed by atoms with Gasteiger partial charge in [0.05, 0.1) is 11.7 Å². The Labute approximate surface area is 111 Å². The first-order chi connectivity index (χ1) is 9.26. The summed E-state index contributed by atoms with van der Waals surface area (Å²) in [5.41, 5.74) is 0.683. The molecule has 0 spiro atoms. The van der Waals surface area contributed by atoms with Crippen molar-refractivity contribution in [2.75, 3.05) is 0 Å². The Bertz CT molecular complexity index is 632. The molecular weight excluding hydrogens is 277 g/mol. The molecule has 1 aromatic heterocycles. The minimum Gasteiger partial charge on any atom is -0.543 e. The highest BCUT2D eigenvalue weighted by molar-refractivity contribution is 5.85. The van der Waals surface area contributed by atoms with E-state index in [1.165, 1.54) is 29.9 Å². The summed E-state index contributed by atoms with van der Waals surface area (Å²) in [4.78, 5) is 10.7. The van der Waals surface area contributed by atoms with E-state index in [2.05, 4.69) is 9.84 Å². The van der Waals surface area contributed by atoms with Crippen molar-refractivity contribution in [3.8, 4) is 17.0 Å². The number of hydrogen-bond donors (Lipinski definition) is 0. The van der Waals surface area contributed by atoms with Gasteiger partial charge in [-0.2, -0.15) is 5.10 Å². The van der Waals surface area contributed by atoms with E-state index in [9.17, 15) is 23.1 Å². The van der Waals surface area contributed by atoms with Crippen LogP contribution in [0, 0.1) is 0 Å². The van der Waals surface area contributed by atoms with Crippen molar-refractivity contribution in [2.24, 2.45) is 7.05 Å². The van der Waals surface area contributed by atoms with Crippen LogP contribution >= 0.6 is 0 Å². The number of halogens is 3. The van der Waals surface area contributed by atoms with E-state index in [1.54, 1.807) is 0 Å². The molecular formula is C12H8F3N2O3-. The Hall–Kier alpha value is -2.51. The van der Waals surface area contributed by atoms with Gasteiger partial charge in [0.1, 0.15) is 11.4 Å². The number of carboxylic acids is 1. The zero-order chi connectivity index (χ0) is 14.9. The number of carbonyl (C=O) groups is 1. The van der Waals surface area contributed by atoms with Crippen molar-refractivity contribution in [3.05, 3.63) is 36.0 Å². The third kappa shape index (κ3) is 3.08. The molecule has 106 valence electrons. The molecule has 0 saturated carbocycles. The van der Waals surface area contributed by atoms with E-state index in [-0.39, 0.29) is 11.4 Å². The van der Waals surface area contributed by atoms with Gasteiger partial charge >= 0.3 is 6.36 Å². The molecule has 2 rings (SSSR count). The second-order valence-corrected chi connectivity index (χ2v) is 3.90. The zero-order valence-corrected chi connectivity index (χ0v) is 10.1. The van der Waals surface area contributed by atoms with Gasteiger partial charge in [0, 0.05) is 12.6 Å². The summed E-state index contributed by atoms with van der Waals surface area (Å²) >= 11 is 0. The number of alkyl halides is 3. The van der Waals surface area contributed by atoms with Crippen molar-refractivity contribution in [1.29, 1.82) is 0 Å². The number of hydrogen-bond acceptors (Lipinski definition) is 4. The largest absolute Gasteiger partial charge is 0.573 e. The van der Waals surface area contributed by atoms with Crippen molar-refractivity contribution < 1.29 is 27.8 Å². The summed E-state index contributed by atoms with van der Waals surface area (Å²) in [7, 11) is 1.52. The molecule has 20 heavy (non-hydrogen) atoms. The molecule has 1 aromatic carbocycles. The second kappa shape index (κ2) is 4.87. The Morgan fingerprint density at radius 3 is 2.35 bits per heavy atom. The number of aryl methyl sites for hydroxylation is 1. The van der Waals surface area contributed by atoms with E-state index in [0.717, 1.165) is 12.1 Å². The minimum atomic E-state index is -4.75. The minimum absolute atomic E-state index is 0.252. The highest BCUT2D eigenvalue weighted by Crippen LogP contribution is 2.26. The van der Waals surface area contributed by atoms with Crippen LogP contribution in [0.15, 0.2) is 30.3 Å². The third-order valence-electron chi connectivity index (χ3n) is 2.47. The van der Waals surface area contributed by atoms with Gasteiger partial charge in [-0.15, -0.1) is 13.2 Å². The monoisotopic (exact) mass is 285 g/mol. The lowest BCUT2D eigenvalue weighted by molar-refractivity contribution is -0.274. The summed E-state index contributed by atoms with van der Waals surface area (Å²) in [5.74, 6) is -1.78. The predicted octanol–water partition coefficient (Wildman–Crippen LogP) is 1.35. The smallest absolute Gasteiger partial charge is 0.543 e. The molecule has 8 heteroatoms.